The second-order valence-corrected chi connectivity index (χ2v) is 5.18. The number of benzene rings is 1. The molecule has 1 aromatic carbocycles. The molecule has 0 aromatic heterocycles. The van der Waals surface area contributed by atoms with Crippen LogP contribution in [0.25, 0.3) is 0 Å². The summed E-state index contributed by atoms with van der Waals surface area (Å²) in [6.07, 6.45) is 3.12. The fourth-order valence-corrected chi connectivity index (χ4v) is 2.67. The Balaban J connectivity index is 2.28. The average molecular weight is 277 g/mol. The number of nitrogens with zero attached hydrogens (tertiary/aromatic N) is 1. The highest BCUT2D eigenvalue weighted by molar-refractivity contribution is 6.01. The van der Waals surface area contributed by atoms with Crippen LogP contribution in [0.2, 0.25) is 0 Å². The fourth-order valence-electron chi connectivity index (χ4n) is 2.67. The number of oxime groups is 1. The topological polar surface area (TPSA) is 108 Å². The van der Waals surface area contributed by atoms with Crippen molar-refractivity contribution in [3.05, 3.63) is 29.3 Å². The van der Waals surface area contributed by atoms with Gasteiger partial charge in [-0.2, -0.15) is 0 Å². The summed E-state index contributed by atoms with van der Waals surface area (Å²) >= 11 is 0. The van der Waals surface area contributed by atoms with Crippen molar-refractivity contribution in [2.24, 2.45) is 10.9 Å². The van der Waals surface area contributed by atoms with E-state index in [0.717, 1.165) is 12.8 Å². The maximum atomic E-state index is 12.4. The van der Waals surface area contributed by atoms with Crippen molar-refractivity contribution in [2.45, 2.75) is 38.1 Å². The van der Waals surface area contributed by atoms with Crippen LogP contribution in [0.1, 0.15) is 41.6 Å². The Morgan fingerprint density at radius 2 is 2.05 bits per heavy atom. The average Bonchev–Trinajstić information content (AvgIpc) is 2.90. The molecule has 1 aromatic rings. The van der Waals surface area contributed by atoms with Gasteiger partial charge >= 0.3 is 0 Å². The number of carbonyl (C=O) groups is 1. The number of amides is 1. The first kappa shape index (κ1) is 14.2. The van der Waals surface area contributed by atoms with Crippen LogP contribution >= 0.6 is 0 Å². The first-order valence-electron chi connectivity index (χ1n) is 6.59. The van der Waals surface area contributed by atoms with Crippen molar-refractivity contribution >= 4 is 11.7 Å². The Hall–Kier alpha value is -2.24. The van der Waals surface area contributed by atoms with Gasteiger partial charge in [-0.25, -0.2) is 0 Å². The minimum Gasteiger partial charge on any atom is -0.508 e. The van der Waals surface area contributed by atoms with Crippen molar-refractivity contribution in [1.82, 2.24) is 5.32 Å². The molecule has 1 aliphatic rings. The van der Waals surface area contributed by atoms with E-state index in [4.69, 9.17) is 10.9 Å². The Morgan fingerprint density at radius 3 is 2.65 bits per heavy atom. The van der Waals surface area contributed by atoms with E-state index >= 15 is 0 Å². The van der Waals surface area contributed by atoms with Crippen LogP contribution in [0, 0.1) is 6.92 Å². The standard InChI is InChI=1S/C14H19N3O3/c1-9-10(5-4-6-11(9)18)12(19)16-14(13(15)17-20)7-2-3-8-14/h4-6,18,20H,2-3,7-8H2,1H3,(H2,15,17)(H,16,19). The zero-order valence-electron chi connectivity index (χ0n) is 11.4. The number of carbonyl (C=O) groups excluding carboxylic acids is 1. The minimum absolute atomic E-state index is 0.0288. The summed E-state index contributed by atoms with van der Waals surface area (Å²) in [4.78, 5) is 12.4. The van der Waals surface area contributed by atoms with Gasteiger partial charge in [-0.05, 0) is 31.9 Å². The van der Waals surface area contributed by atoms with Gasteiger partial charge in [0.1, 0.15) is 11.3 Å². The van der Waals surface area contributed by atoms with E-state index in [1.54, 1.807) is 19.1 Å². The molecule has 6 nitrogen and oxygen atoms in total. The van der Waals surface area contributed by atoms with Crippen LogP contribution in [0.3, 0.4) is 0 Å². The number of amidine groups is 1. The van der Waals surface area contributed by atoms with Gasteiger partial charge in [0, 0.05) is 11.1 Å². The SMILES string of the molecule is Cc1c(O)cccc1C(=O)NC1(/C(N)=N/O)CCCC1. The molecule has 20 heavy (non-hydrogen) atoms. The zero-order valence-corrected chi connectivity index (χ0v) is 11.4. The maximum absolute atomic E-state index is 12.4. The largest absolute Gasteiger partial charge is 0.508 e. The van der Waals surface area contributed by atoms with E-state index in [9.17, 15) is 9.90 Å². The molecular formula is C14H19N3O3. The molecule has 1 saturated carbocycles. The molecule has 0 unspecified atom stereocenters. The van der Waals surface area contributed by atoms with E-state index < -0.39 is 5.54 Å². The molecular weight excluding hydrogens is 258 g/mol. The molecule has 0 aliphatic heterocycles. The summed E-state index contributed by atoms with van der Waals surface area (Å²) in [7, 11) is 0. The summed E-state index contributed by atoms with van der Waals surface area (Å²) in [5.41, 5.74) is 5.86. The van der Waals surface area contributed by atoms with Gasteiger partial charge in [0.25, 0.3) is 5.91 Å². The second-order valence-electron chi connectivity index (χ2n) is 5.18. The molecule has 108 valence electrons. The van der Waals surface area contributed by atoms with Crippen LogP contribution < -0.4 is 11.1 Å². The molecule has 0 heterocycles. The lowest BCUT2D eigenvalue weighted by atomic mass is 9.95. The van der Waals surface area contributed by atoms with Crippen LogP contribution in [0.15, 0.2) is 23.4 Å². The first-order valence-corrected chi connectivity index (χ1v) is 6.59. The molecule has 0 spiro atoms. The van der Waals surface area contributed by atoms with Gasteiger partial charge < -0.3 is 21.4 Å². The minimum atomic E-state index is -0.788. The number of rotatable bonds is 3. The highest BCUT2D eigenvalue weighted by atomic mass is 16.4. The predicted molar refractivity (Wildman–Crippen MR) is 74.9 cm³/mol. The number of hydrogen-bond acceptors (Lipinski definition) is 4. The maximum Gasteiger partial charge on any atom is 0.252 e. The predicted octanol–water partition coefficient (Wildman–Crippen LogP) is 1.49. The van der Waals surface area contributed by atoms with Crippen LogP contribution in [-0.4, -0.2) is 27.6 Å². The van der Waals surface area contributed by atoms with Gasteiger partial charge in [0.15, 0.2) is 5.84 Å². The molecule has 0 atom stereocenters. The van der Waals surface area contributed by atoms with Crippen LogP contribution in [-0.2, 0) is 0 Å². The third-order valence-electron chi connectivity index (χ3n) is 3.96. The second kappa shape index (κ2) is 5.40. The first-order chi connectivity index (χ1) is 9.50. The van der Waals surface area contributed by atoms with E-state index in [0.29, 0.717) is 24.0 Å². The van der Waals surface area contributed by atoms with Crippen molar-refractivity contribution < 1.29 is 15.1 Å². The number of aromatic hydroxyl groups is 1. The third-order valence-corrected chi connectivity index (χ3v) is 3.96. The number of phenols is 1. The Bertz CT molecular complexity index is 549. The molecule has 5 N–H and O–H groups in total. The molecule has 0 saturated heterocycles. The van der Waals surface area contributed by atoms with E-state index in [-0.39, 0.29) is 17.5 Å². The summed E-state index contributed by atoms with van der Waals surface area (Å²) in [5, 5.41) is 24.5. The number of hydrogen-bond donors (Lipinski definition) is 4. The molecule has 2 rings (SSSR count). The fraction of sp³-hybridized carbons (Fsp3) is 0.429. The molecule has 6 heteroatoms. The molecule has 1 fully saturated rings. The monoisotopic (exact) mass is 277 g/mol. The molecule has 1 amide bonds. The third kappa shape index (κ3) is 2.41. The van der Waals surface area contributed by atoms with Gasteiger partial charge in [0.2, 0.25) is 0 Å². The van der Waals surface area contributed by atoms with Gasteiger partial charge in [-0.1, -0.05) is 24.1 Å². The van der Waals surface area contributed by atoms with Crippen molar-refractivity contribution in [1.29, 1.82) is 0 Å². The van der Waals surface area contributed by atoms with E-state index in [1.165, 1.54) is 6.07 Å². The lowest BCUT2D eigenvalue weighted by molar-refractivity contribution is 0.0921. The normalized spacial score (nSPS) is 17.9. The highest BCUT2D eigenvalue weighted by Crippen LogP contribution is 2.31. The smallest absolute Gasteiger partial charge is 0.252 e. The van der Waals surface area contributed by atoms with Crippen LogP contribution in [0.4, 0.5) is 0 Å². The zero-order chi connectivity index (χ0) is 14.8. The Labute approximate surface area is 117 Å². The highest BCUT2D eigenvalue weighted by Gasteiger charge is 2.40. The summed E-state index contributed by atoms with van der Waals surface area (Å²) in [6.45, 7) is 1.68. The van der Waals surface area contributed by atoms with Crippen molar-refractivity contribution in [3.63, 3.8) is 0 Å². The van der Waals surface area contributed by atoms with E-state index in [2.05, 4.69) is 10.5 Å². The van der Waals surface area contributed by atoms with Gasteiger partial charge in [0.05, 0.1) is 0 Å². The van der Waals surface area contributed by atoms with E-state index in [1.807, 2.05) is 0 Å². The van der Waals surface area contributed by atoms with Gasteiger partial charge in [-0.15, -0.1) is 0 Å². The Morgan fingerprint density at radius 1 is 1.40 bits per heavy atom. The lowest BCUT2D eigenvalue weighted by Gasteiger charge is -2.29. The van der Waals surface area contributed by atoms with Gasteiger partial charge in [-0.3, -0.25) is 4.79 Å². The summed E-state index contributed by atoms with van der Waals surface area (Å²) in [6, 6.07) is 4.78. The van der Waals surface area contributed by atoms with Crippen LogP contribution in [0.5, 0.6) is 5.75 Å². The number of nitrogens with two attached hydrogens (primary N) is 1. The quantitative estimate of drug-likeness (QED) is 0.290. The van der Waals surface area contributed by atoms with Crippen molar-refractivity contribution in [2.75, 3.05) is 0 Å². The summed E-state index contributed by atoms with van der Waals surface area (Å²) in [5.74, 6) is -0.227. The Kier molecular flexibility index (Phi) is 3.83. The summed E-state index contributed by atoms with van der Waals surface area (Å²) < 4.78 is 0. The molecule has 0 radical (unpaired) electrons. The number of phenolic OH excluding ortho intramolecular Hbond substituents is 1. The van der Waals surface area contributed by atoms with Crippen molar-refractivity contribution in [3.8, 4) is 5.75 Å². The molecule has 1 aliphatic carbocycles. The number of nitrogens with one attached hydrogen (secondary N) is 1. The molecule has 0 bridgehead atoms. The lowest BCUT2D eigenvalue weighted by Crippen LogP contribution is -2.55.